The molecular formula is C25H17Cl2FN4O2. The Kier molecular flexibility index (Phi) is 5.81. The summed E-state index contributed by atoms with van der Waals surface area (Å²) < 4.78 is 19.6. The third kappa shape index (κ3) is 4.16. The van der Waals surface area contributed by atoms with Gasteiger partial charge in [0.1, 0.15) is 5.82 Å². The van der Waals surface area contributed by atoms with Gasteiger partial charge in [-0.3, -0.25) is 4.90 Å². The number of nitrogens with one attached hydrogen (secondary N) is 1. The van der Waals surface area contributed by atoms with Crippen LogP contribution in [0.1, 0.15) is 24.4 Å². The van der Waals surface area contributed by atoms with Crippen LogP contribution in [0.25, 0.3) is 17.0 Å². The lowest BCUT2D eigenvalue weighted by Crippen LogP contribution is -2.46. The quantitative estimate of drug-likeness (QED) is 0.335. The van der Waals surface area contributed by atoms with Crippen molar-refractivity contribution in [1.29, 1.82) is 0 Å². The molecule has 0 saturated heterocycles. The van der Waals surface area contributed by atoms with Gasteiger partial charge >= 0.3 is 6.03 Å². The summed E-state index contributed by atoms with van der Waals surface area (Å²) in [6, 6.07) is 18.9. The molecule has 1 aliphatic rings. The number of allylic oxidation sites excluding steroid dienone is 1. The molecule has 1 aromatic heterocycles. The van der Waals surface area contributed by atoms with E-state index in [4.69, 9.17) is 27.7 Å². The van der Waals surface area contributed by atoms with Crippen LogP contribution in [0.5, 0.6) is 0 Å². The number of benzene rings is 3. The molecular weight excluding hydrogens is 478 g/mol. The van der Waals surface area contributed by atoms with Gasteiger partial charge in [0, 0.05) is 21.3 Å². The van der Waals surface area contributed by atoms with Crippen molar-refractivity contribution in [2.45, 2.75) is 13.0 Å². The summed E-state index contributed by atoms with van der Waals surface area (Å²) in [6.07, 6.45) is 0. The fourth-order valence-electron chi connectivity index (χ4n) is 3.93. The number of urea groups is 1. The van der Waals surface area contributed by atoms with Gasteiger partial charge in [-0.2, -0.15) is 4.98 Å². The smallest absolute Gasteiger partial charge is 0.327 e. The number of aromatic nitrogens is 2. The van der Waals surface area contributed by atoms with E-state index in [1.165, 1.54) is 17.0 Å². The Morgan fingerprint density at radius 1 is 1.00 bits per heavy atom. The minimum atomic E-state index is -0.616. The highest BCUT2D eigenvalue weighted by Crippen LogP contribution is 2.39. The van der Waals surface area contributed by atoms with E-state index in [1.54, 1.807) is 61.5 Å². The van der Waals surface area contributed by atoms with E-state index in [9.17, 15) is 9.18 Å². The summed E-state index contributed by atoms with van der Waals surface area (Å²) in [5, 5.41) is 8.20. The van der Waals surface area contributed by atoms with Crippen molar-refractivity contribution >= 4 is 40.5 Å². The molecule has 4 aromatic rings. The van der Waals surface area contributed by atoms with Crippen molar-refractivity contribution in [3.8, 4) is 11.4 Å². The average molecular weight is 495 g/mol. The zero-order chi connectivity index (χ0) is 23.8. The van der Waals surface area contributed by atoms with Crippen LogP contribution in [0.15, 0.2) is 83.0 Å². The Labute approximate surface area is 204 Å². The number of anilines is 1. The number of hydrogen-bond acceptors (Lipinski definition) is 4. The molecule has 9 heteroatoms. The Bertz CT molecular complexity index is 1420. The normalized spacial score (nSPS) is 16.1. The van der Waals surface area contributed by atoms with E-state index in [2.05, 4.69) is 15.5 Å². The lowest BCUT2D eigenvalue weighted by molar-refractivity contribution is 0.244. The van der Waals surface area contributed by atoms with Crippen molar-refractivity contribution in [2.24, 2.45) is 0 Å². The number of carbonyl (C=O) groups excluding carboxylic acids is 1. The van der Waals surface area contributed by atoms with Gasteiger partial charge in [-0.25, -0.2) is 9.18 Å². The third-order valence-electron chi connectivity index (χ3n) is 5.49. The summed E-state index contributed by atoms with van der Waals surface area (Å²) in [5.41, 5.74) is 2.91. The topological polar surface area (TPSA) is 71.3 Å². The van der Waals surface area contributed by atoms with Crippen molar-refractivity contribution in [2.75, 3.05) is 4.90 Å². The molecule has 2 amide bonds. The Morgan fingerprint density at radius 3 is 2.50 bits per heavy atom. The number of rotatable bonds is 4. The molecule has 0 saturated carbocycles. The van der Waals surface area contributed by atoms with Crippen molar-refractivity contribution in [3.05, 3.63) is 106 Å². The molecule has 170 valence electrons. The van der Waals surface area contributed by atoms with Crippen LogP contribution in [0.2, 0.25) is 10.0 Å². The van der Waals surface area contributed by atoms with Crippen LogP contribution < -0.4 is 10.2 Å². The van der Waals surface area contributed by atoms with Crippen LogP contribution in [0.4, 0.5) is 14.9 Å². The largest absolute Gasteiger partial charge is 0.334 e. The maximum Gasteiger partial charge on any atom is 0.327 e. The predicted octanol–water partition coefficient (Wildman–Crippen LogP) is 6.88. The number of halogens is 3. The number of nitrogens with zero attached hydrogens (tertiary/aromatic N) is 3. The molecule has 6 nitrogen and oxygen atoms in total. The molecule has 0 aliphatic carbocycles. The first-order valence-corrected chi connectivity index (χ1v) is 11.1. The lowest BCUT2D eigenvalue weighted by Gasteiger charge is -2.35. The second kappa shape index (κ2) is 8.93. The van der Waals surface area contributed by atoms with E-state index >= 15 is 0 Å². The Morgan fingerprint density at radius 2 is 1.76 bits per heavy atom. The minimum absolute atomic E-state index is 0.217. The molecule has 1 N–H and O–H groups in total. The summed E-state index contributed by atoms with van der Waals surface area (Å²) >= 11 is 12.2. The molecule has 1 atom stereocenters. The molecule has 5 rings (SSSR count). The Hall–Kier alpha value is -3.68. The maximum absolute atomic E-state index is 14.0. The molecule has 0 fully saturated rings. The summed E-state index contributed by atoms with van der Waals surface area (Å²) in [7, 11) is 0. The van der Waals surface area contributed by atoms with Gasteiger partial charge in [-0.1, -0.05) is 46.6 Å². The van der Waals surface area contributed by atoms with Crippen LogP contribution >= 0.6 is 23.2 Å². The minimum Gasteiger partial charge on any atom is -0.334 e. The first-order valence-electron chi connectivity index (χ1n) is 10.3. The van der Waals surface area contributed by atoms with Crippen LogP contribution in [0.3, 0.4) is 0 Å². The molecule has 0 spiro atoms. The van der Waals surface area contributed by atoms with Gasteiger partial charge in [-0.15, -0.1) is 0 Å². The molecule has 1 unspecified atom stereocenters. The molecule has 2 heterocycles. The van der Waals surface area contributed by atoms with Gasteiger partial charge in [0.05, 0.1) is 17.3 Å². The molecule has 0 radical (unpaired) electrons. The maximum atomic E-state index is 14.0. The summed E-state index contributed by atoms with van der Waals surface area (Å²) in [4.78, 5) is 19.1. The van der Waals surface area contributed by atoms with Crippen LogP contribution in [-0.2, 0) is 0 Å². The first-order chi connectivity index (χ1) is 16.4. The van der Waals surface area contributed by atoms with Crippen molar-refractivity contribution in [1.82, 2.24) is 15.5 Å². The highest BCUT2D eigenvalue weighted by Gasteiger charge is 2.36. The fourth-order valence-corrected chi connectivity index (χ4v) is 4.26. The molecule has 34 heavy (non-hydrogen) atoms. The van der Waals surface area contributed by atoms with Crippen molar-refractivity contribution in [3.63, 3.8) is 0 Å². The van der Waals surface area contributed by atoms with E-state index in [0.29, 0.717) is 32.8 Å². The second-order valence-corrected chi connectivity index (χ2v) is 8.55. The van der Waals surface area contributed by atoms with Gasteiger partial charge in [0.15, 0.2) is 0 Å². The molecule has 3 aromatic carbocycles. The van der Waals surface area contributed by atoms with Gasteiger partial charge in [-0.05, 0) is 67.1 Å². The number of hydrogen-bond donors (Lipinski definition) is 1. The van der Waals surface area contributed by atoms with Crippen LogP contribution in [0, 0.1) is 5.82 Å². The van der Waals surface area contributed by atoms with Gasteiger partial charge in [0.2, 0.25) is 5.82 Å². The fraction of sp³-hybridized carbons (Fsp3) is 0.0800. The number of amides is 2. The summed E-state index contributed by atoms with van der Waals surface area (Å²) in [6.45, 7) is 1.75. The predicted molar refractivity (Wildman–Crippen MR) is 129 cm³/mol. The van der Waals surface area contributed by atoms with Crippen LogP contribution in [-0.4, -0.2) is 16.2 Å². The van der Waals surface area contributed by atoms with Crippen molar-refractivity contribution < 1.29 is 13.7 Å². The Balaban J connectivity index is 1.66. The van der Waals surface area contributed by atoms with Gasteiger partial charge < -0.3 is 9.84 Å². The first kappa shape index (κ1) is 22.1. The zero-order valence-electron chi connectivity index (χ0n) is 17.8. The van der Waals surface area contributed by atoms with E-state index in [0.717, 1.165) is 11.1 Å². The third-order valence-corrected chi connectivity index (χ3v) is 5.98. The van der Waals surface area contributed by atoms with E-state index < -0.39 is 17.9 Å². The van der Waals surface area contributed by atoms with Gasteiger partial charge in [0.25, 0.3) is 5.89 Å². The lowest BCUT2D eigenvalue weighted by atomic mass is 9.94. The highest BCUT2D eigenvalue weighted by atomic mass is 35.5. The average Bonchev–Trinajstić information content (AvgIpc) is 3.29. The van der Waals surface area contributed by atoms with E-state index in [-0.39, 0.29) is 5.89 Å². The zero-order valence-corrected chi connectivity index (χ0v) is 19.3. The number of carbonyl (C=O) groups is 1. The molecule has 0 bridgehead atoms. The monoisotopic (exact) mass is 494 g/mol. The standard InChI is InChI=1S/C25H17Cl2FN4O2/c1-14-21(24-30-23(31-34-24)15-8-10-17(26)11-9-15)22(16-4-2-5-18(27)12-16)29-25(33)32(14)20-7-3-6-19(28)13-20/h2-13,22H,1H3,(H,29,33). The second-order valence-electron chi connectivity index (χ2n) is 7.68. The molecule has 1 aliphatic heterocycles. The van der Waals surface area contributed by atoms with E-state index in [1.807, 2.05) is 6.07 Å². The SMILES string of the molecule is CC1=C(c2nc(-c3ccc(Cl)cc3)no2)C(c2cccc(Cl)c2)NC(=O)N1c1cccc(F)c1. The summed E-state index contributed by atoms with van der Waals surface area (Å²) in [5.74, 6) is 0.124. The highest BCUT2D eigenvalue weighted by molar-refractivity contribution is 6.31.